The van der Waals surface area contributed by atoms with Crippen LogP contribution in [0.2, 0.25) is 0 Å². The summed E-state index contributed by atoms with van der Waals surface area (Å²) in [7, 11) is 3.30. The number of fused-ring (bicyclic) bond motifs is 2. The van der Waals surface area contributed by atoms with Gasteiger partial charge in [0.25, 0.3) is 0 Å². The van der Waals surface area contributed by atoms with Crippen molar-refractivity contribution in [2.45, 2.75) is 86.6 Å². The number of aliphatic hydroxyl groups is 4. The van der Waals surface area contributed by atoms with E-state index >= 15 is 0 Å². The van der Waals surface area contributed by atoms with Crippen LogP contribution >= 0.6 is 0 Å². The maximum atomic E-state index is 11.8. The molecule has 2 aliphatic heterocycles. The third-order valence-corrected chi connectivity index (χ3v) is 8.37. The average Bonchev–Trinajstić information content (AvgIpc) is 2.91. The predicted molar refractivity (Wildman–Crippen MR) is 144 cm³/mol. The van der Waals surface area contributed by atoms with E-state index in [0.29, 0.717) is 6.54 Å². The molecule has 3 fully saturated rings. The van der Waals surface area contributed by atoms with Crippen molar-refractivity contribution in [1.82, 2.24) is 16.0 Å². The van der Waals surface area contributed by atoms with Crippen LogP contribution in [0.4, 0.5) is 0 Å². The number of aliphatic hydroxyl groups excluding tert-OH is 2. The normalized spacial score (nSPS) is 40.1. The van der Waals surface area contributed by atoms with Gasteiger partial charge < -0.3 is 50.6 Å². The van der Waals surface area contributed by atoms with Gasteiger partial charge in [0.15, 0.2) is 0 Å². The van der Waals surface area contributed by atoms with E-state index in [0.717, 1.165) is 12.0 Å². The van der Waals surface area contributed by atoms with Gasteiger partial charge in [-0.05, 0) is 44.1 Å². The molecule has 7 N–H and O–H groups in total. The molecule has 0 aromatic heterocycles. The summed E-state index contributed by atoms with van der Waals surface area (Å²) >= 11 is 0. The van der Waals surface area contributed by atoms with Gasteiger partial charge in [0.05, 0.1) is 24.3 Å². The average molecular weight is 544 g/mol. The van der Waals surface area contributed by atoms with Crippen LogP contribution < -0.4 is 16.0 Å². The lowest BCUT2D eigenvalue weighted by atomic mass is 9.77. The van der Waals surface area contributed by atoms with Crippen molar-refractivity contribution in [2.75, 3.05) is 20.6 Å². The first kappa shape index (κ1) is 28.6. The number of rotatable bonds is 8. The SMILES string of the molecule is CNC1C(O)C(NC)C2OC3(O)C(OC(C)CC3(O)CNCc3ccc(Cc4ccccc4)cc3)OC2C1O. The van der Waals surface area contributed by atoms with Crippen molar-refractivity contribution in [3.05, 3.63) is 71.3 Å². The van der Waals surface area contributed by atoms with Crippen molar-refractivity contribution in [3.63, 3.8) is 0 Å². The highest BCUT2D eigenvalue weighted by Gasteiger charge is 2.68. The Morgan fingerprint density at radius 1 is 0.821 bits per heavy atom. The Balaban J connectivity index is 1.28. The Kier molecular flexibility index (Phi) is 8.42. The lowest BCUT2D eigenvalue weighted by molar-refractivity contribution is -0.482. The van der Waals surface area contributed by atoms with E-state index in [9.17, 15) is 20.4 Å². The molecule has 0 amide bonds. The topological polar surface area (TPSA) is 145 Å². The molecule has 10 nitrogen and oxygen atoms in total. The summed E-state index contributed by atoms with van der Waals surface area (Å²) in [5, 5.41) is 54.6. The number of hydrogen-bond acceptors (Lipinski definition) is 10. The van der Waals surface area contributed by atoms with E-state index in [1.54, 1.807) is 21.0 Å². The maximum Gasteiger partial charge on any atom is 0.249 e. The summed E-state index contributed by atoms with van der Waals surface area (Å²) in [6.45, 7) is 2.27. The number of likely N-dealkylation sites (N-methyl/N-ethyl adjacent to an activating group) is 2. The maximum absolute atomic E-state index is 11.8. The summed E-state index contributed by atoms with van der Waals surface area (Å²) < 4.78 is 18.1. The zero-order chi connectivity index (χ0) is 27.8. The molecule has 1 saturated carbocycles. The second-order valence-electron chi connectivity index (χ2n) is 11.1. The van der Waals surface area contributed by atoms with Gasteiger partial charge >= 0.3 is 0 Å². The summed E-state index contributed by atoms with van der Waals surface area (Å²) in [6, 6.07) is 17.2. The Morgan fingerprint density at radius 3 is 2.13 bits per heavy atom. The summed E-state index contributed by atoms with van der Waals surface area (Å²) in [4.78, 5) is 0. The molecule has 214 valence electrons. The first-order chi connectivity index (χ1) is 18.7. The molecule has 2 aromatic carbocycles. The van der Waals surface area contributed by atoms with E-state index in [1.165, 1.54) is 11.1 Å². The Hall–Kier alpha value is -1.96. The highest BCUT2D eigenvalue weighted by molar-refractivity contribution is 5.28. The van der Waals surface area contributed by atoms with E-state index in [1.807, 2.05) is 30.3 Å². The highest BCUT2D eigenvalue weighted by Crippen LogP contribution is 2.46. The van der Waals surface area contributed by atoms with Crippen LogP contribution in [0.25, 0.3) is 0 Å². The van der Waals surface area contributed by atoms with E-state index in [-0.39, 0.29) is 13.0 Å². The molecule has 5 rings (SSSR count). The van der Waals surface area contributed by atoms with Crippen LogP contribution in [0.5, 0.6) is 0 Å². The largest absolute Gasteiger partial charge is 0.390 e. The van der Waals surface area contributed by atoms with Gasteiger partial charge in [-0.1, -0.05) is 54.6 Å². The van der Waals surface area contributed by atoms with Gasteiger partial charge in [-0.15, -0.1) is 0 Å². The van der Waals surface area contributed by atoms with Crippen LogP contribution in [0.15, 0.2) is 54.6 Å². The second kappa shape index (κ2) is 11.5. The van der Waals surface area contributed by atoms with Gasteiger partial charge in [-0.25, -0.2) is 0 Å². The van der Waals surface area contributed by atoms with E-state index < -0.39 is 60.3 Å². The molecule has 0 spiro atoms. The standard InChI is InChI=1S/C29H41N3O7/c1-17-14-28(35,16-32-15-20-11-9-19(10-12-20)13-18-7-5-4-6-8-18)29(36)27(37-17)38-26-24(34)21(30-2)23(33)22(31-3)25(26)39-29/h4-12,17,21-27,30-36H,13-16H2,1-3H3. The Labute approximate surface area is 229 Å². The van der Waals surface area contributed by atoms with Gasteiger partial charge in [0, 0.05) is 19.5 Å². The number of ether oxygens (including phenoxy) is 3. The van der Waals surface area contributed by atoms with E-state index in [4.69, 9.17) is 14.2 Å². The molecule has 3 aliphatic rings. The van der Waals surface area contributed by atoms with Crippen molar-refractivity contribution in [3.8, 4) is 0 Å². The minimum atomic E-state index is -2.23. The molecule has 2 saturated heterocycles. The second-order valence-corrected chi connectivity index (χ2v) is 11.1. The minimum absolute atomic E-state index is 0.00861. The molecule has 39 heavy (non-hydrogen) atoms. The van der Waals surface area contributed by atoms with Gasteiger partial charge in [0.1, 0.15) is 23.9 Å². The Morgan fingerprint density at radius 2 is 1.46 bits per heavy atom. The Bertz CT molecular complexity index is 1090. The predicted octanol–water partition coefficient (Wildman–Crippen LogP) is -0.383. The molecule has 10 atom stereocenters. The molecule has 10 heteroatoms. The fourth-order valence-electron chi connectivity index (χ4n) is 6.25. The van der Waals surface area contributed by atoms with E-state index in [2.05, 4.69) is 40.2 Å². The number of benzene rings is 2. The van der Waals surface area contributed by atoms with Gasteiger partial charge in [-0.2, -0.15) is 0 Å². The smallest absolute Gasteiger partial charge is 0.249 e. The van der Waals surface area contributed by atoms with Crippen LogP contribution in [-0.4, -0.2) is 101 Å². The van der Waals surface area contributed by atoms with Crippen molar-refractivity contribution >= 4 is 0 Å². The summed E-state index contributed by atoms with van der Waals surface area (Å²) in [5.74, 6) is -2.23. The van der Waals surface area contributed by atoms with Crippen LogP contribution in [-0.2, 0) is 27.2 Å². The molecular weight excluding hydrogens is 502 g/mol. The first-order valence-corrected chi connectivity index (χ1v) is 13.7. The van der Waals surface area contributed by atoms with Crippen molar-refractivity contribution < 1.29 is 34.6 Å². The number of nitrogens with one attached hydrogen (secondary N) is 3. The zero-order valence-corrected chi connectivity index (χ0v) is 22.7. The van der Waals surface area contributed by atoms with Crippen LogP contribution in [0, 0.1) is 0 Å². The molecule has 2 aromatic rings. The van der Waals surface area contributed by atoms with Crippen molar-refractivity contribution in [2.24, 2.45) is 0 Å². The lowest BCUT2D eigenvalue weighted by Gasteiger charge is -2.60. The molecule has 2 heterocycles. The van der Waals surface area contributed by atoms with Crippen LogP contribution in [0.1, 0.15) is 30.0 Å². The molecule has 1 aliphatic carbocycles. The monoisotopic (exact) mass is 543 g/mol. The van der Waals surface area contributed by atoms with Crippen LogP contribution in [0.3, 0.4) is 0 Å². The fraction of sp³-hybridized carbons (Fsp3) is 0.586. The van der Waals surface area contributed by atoms with Gasteiger partial charge in [0.2, 0.25) is 12.1 Å². The quantitative estimate of drug-likeness (QED) is 0.235. The molecule has 0 bridgehead atoms. The third kappa shape index (κ3) is 5.39. The fourth-order valence-corrected chi connectivity index (χ4v) is 6.25. The highest BCUT2D eigenvalue weighted by atomic mass is 16.8. The van der Waals surface area contributed by atoms with Gasteiger partial charge in [-0.3, -0.25) is 0 Å². The minimum Gasteiger partial charge on any atom is -0.390 e. The summed E-state index contributed by atoms with van der Waals surface area (Å²) in [6.07, 6.45) is -4.81. The third-order valence-electron chi connectivity index (χ3n) is 8.37. The molecule has 0 radical (unpaired) electrons. The molecular formula is C29H41N3O7. The number of hydrogen-bond donors (Lipinski definition) is 7. The summed E-state index contributed by atoms with van der Waals surface area (Å²) in [5.41, 5.74) is 1.73. The zero-order valence-electron chi connectivity index (χ0n) is 22.7. The van der Waals surface area contributed by atoms with Crippen molar-refractivity contribution in [1.29, 1.82) is 0 Å². The lowest BCUT2D eigenvalue weighted by Crippen LogP contribution is -2.81. The first-order valence-electron chi connectivity index (χ1n) is 13.7. The molecule has 10 unspecified atom stereocenters.